The van der Waals surface area contributed by atoms with Gasteiger partial charge in [0.05, 0.1) is 13.0 Å². The molecule has 0 saturated heterocycles. The van der Waals surface area contributed by atoms with Crippen LogP contribution in [0.4, 0.5) is 0 Å². The van der Waals surface area contributed by atoms with Gasteiger partial charge in [-0.2, -0.15) is 0 Å². The van der Waals surface area contributed by atoms with E-state index in [-0.39, 0.29) is 41.3 Å². The summed E-state index contributed by atoms with van der Waals surface area (Å²) in [5, 5.41) is 10.2. The number of aromatic nitrogens is 1. The van der Waals surface area contributed by atoms with E-state index in [0.717, 1.165) is 12.8 Å². The number of hydrogen-bond donors (Lipinski definition) is 3. The van der Waals surface area contributed by atoms with Crippen LogP contribution in [0.25, 0.3) is 0 Å². The minimum Gasteiger partial charge on any atom is -0.456 e. The highest BCUT2D eigenvalue weighted by Crippen LogP contribution is 2.16. The second-order valence-electron chi connectivity index (χ2n) is 11.8. The lowest BCUT2D eigenvalue weighted by atomic mass is 10.0. The second-order valence-corrected chi connectivity index (χ2v) is 13.9. The van der Waals surface area contributed by atoms with Crippen LogP contribution in [-0.4, -0.2) is 51.7 Å². The third-order valence-electron chi connectivity index (χ3n) is 7.50. The van der Waals surface area contributed by atoms with E-state index in [1.54, 1.807) is 32.2 Å². The third kappa shape index (κ3) is 15.5. The van der Waals surface area contributed by atoms with Crippen molar-refractivity contribution in [3.63, 3.8) is 0 Å². The summed E-state index contributed by atoms with van der Waals surface area (Å²) < 4.78 is 5.71. The standard InChI is InChI=1S/C34H52N4O6S2/c1-5-7-8-9-10-11-12-13-14-15-19-30(40)45-20-17-16-18-25-21-28(39)35-22-29-36-27(23-46-29)33(42)37-26(6-2)32(41)38-31(24(3)4)34(43)44-25/h6,16,18,23-25,31H,5,7-15,17,19-22H2,1-4H3,(H,35,39)(H,37,42)(H,38,41)/t25-,31+/m1/s1. The molecule has 0 saturated carbocycles. The number of fused-ring (bicyclic) bond motifs is 2. The third-order valence-corrected chi connectivity index (χ3v) is 9.31. The van der Waals surface area contributed by atoms with Crippen molar-refractivity contribution in [1.82, 2.24) is 20.9 Å². The van der Waals surface area contributed by atoms with Crippen LogP contribution in [0.15, 0.2) is 29.3 Å². The molecular weight excluding hydrogens is 625 g/mol. The van der Waals surface area contributed by atoms with Gasteiger partial charge in [0.15, 0.2) is 5.12 Å². The van der Waals surface area contributed by atoms with Crippen LogP contribution in [0.1, 0.15) is 127 Å². The van der Waals surface area contributed by atoms with Crippen molar-refractivity contribution in [3.05, 3.63) is 40.0 Å². The molecule has 12 heteroatoms. The van der Waals surface area contributed by atoms with Crippen LogP contribution in [-0.2, 0) is 30.5 Å². The molecule has 3 amide bonds. The Hall–Kier alpha value is -2.99. The highest BCUT2D eigenvalue weighted by molar-refractivity contribution is 8.13. The lowest BCUT2D eigenvalue weighted by Crippen LogP contribution is -2.48. The van der Waals surface area contributed by atoms with E-state index in [1.807, 2.05) is 6.08 Å². The molecule has 256 valence electrons. The molecule has 46 heavy (non-hydrogen) atoms. The first-order chi connectivity index (χ1) is 22.1. The number of nitrogens with zero attached hydrogens (tertiary/aromatic N) is 1. The number of allylic oxidation sites excluding steroid dienone is 2. The Labute approximate surface area is 282 Å². The Morgan fingerprint density at radius 1 is 1.04 bits per heavy atom. The van der Waals surface area contributed by atoms with Gasteiger partial charge in [0.2, 0.25) is 5.91 Å². The van der Waals surface area contributed by atoms with Gasteiger partial charge in [-0.3, -0.25) is 19.2 Å². The summed E-state index contributed by atoms with van der Waals surface area (Å²) in [5.74, 6) is -2.01. The summed E-state index contributed by atoms with van der Waals surface area (Å²) in [6.07, 6.45) is 17.4. The predicted octanol–water partition coefficient (Wildman–Crippen LogP) is 6.37. The number of rotatable bonds is 16. The molecule has 0 radical (unpaired) electrons. The summed E-state index contributed by atoms with van der Waals surface area (Å²) >= 11 is 2.51. The van der Waals surface area contributed by atoms with Crippen molar-refractivity contribution >= 4 is 51.9 Å². The molecular formula is C34H52N4O6S2. The number of cyclic esters (lactones) is 1. The van der Waals surface area contributed by atoms with Gasteiger partial charge in [-0.25, -0.2) is 9.78 Å². The molecule has 1 aromatic heterocycles. The van der Waals surface area contributed by atoms with Crippen LogP contribution < -0.4 is 16.0 Å². The fraction of sp³-hybridized carbons (Fsp3) is 0.647. The summed E-state index contributed by atoms with van der Waals surface area (Å²) in [4.78, 5) is 68.2. The van der Waals surface area contributed by atoms with Crippen LogP contribution in [0.3, 0.4) is 0 Å². The predicted molar refractivity (Wildman–Crippen MR) is 184 cm³/mol. The molecule has 0 aliphatic carbocycles. The molecule has 1 aliphatic heterocycles. The van der Waals surface area contributed by atoms with E-state index in [4.69, 9.17) is 4.74 Å². The van der Waals surface area contributed by atoms with E-state index < -0.39 is 29.9 Å². The van der Waals surface area contributed by atoms with Crippen LogP contribution in [0, 0.1) is 5.92 Å². The molecule has 0 fully saturated rings. The quantitative estimate of drug-likeness (QED) is 0.0794. The Morgan fingerprint density at radius 2 is 1.72 bits per heavy atom. The smallest absolute Gasteiger partial charge is 0.329 e. The Morgan fingerprint density at radius 3 is 2.37 bits per heavy atom. The van der Waals surface area contributed by atoms with E-state index in [2.05, 4.69) is 27.9 Å². The molecule has 3 N–H and O–H groups in total. The largest absolute Gasteiger partial charge is 0.456 e. The van der Waals surface area contributed by atoms with E-state index in [0.29, 0.717) is 23.6 Å². The maximum Gasteiger partial charge on any atom is 0.329 e. The lowest BCUT2D eigenvalue weighted by Gasteiger charge is -2.24. The lowest BCUT2D eigenvalue weighted by molar-refractivity contribution is -0.153. The maximum atomic E-state index is 13.2. The van der Waals surface area contributed by atoms with Gasteiger partial charge in [0.1, 0.15) is 28.5 Å². The molecule has 2 heterocycles. The van der Waals surface area contributed by atoms with E-state index >= 15 is 0 Å². The van der Waals surface area contributed by atoms with Crippen LogP contribution in [0.2, 0.25) is 0 Å². The molecule has 1 aliphatic rings. The fourth-order valence-electron chi connectivity index (χ4n) is 4.78. The van der Waals surface area contributed by atoms with Gasteiger partial charge in [-0.15, -0.1) is 11.3 Å². The highest BCUT2D eigenvalue weighted by Gasteiger charge is 2.30. The number of thioether (sulfide) groups is 1. The Kier molecular flexibility index (Phi) is 19.2. The average molecular weight is 677 g/mol. The van der Waals surface area contributed by atoms with Crippen LogP contribution in [0.5, 0.6) is 0 Å². The zero-order valence-electron chi connectivity index (χ0n) is 27.9. The SMILES string of the molecule is CC=C1NC(=O)c2csc(n2)CNC(=O)C[C@@H](C=CCCSC(=O)CCCCCCCCCCCC)OC(=O)[C@H](C(C)C)NC1=O. The van der Waals surface area contributed by atoms with Gasteiger partial charge < -0.3 is 20.7 Å². The molecule has 1 aromatic rings. The number of amides is 3. The summed E-state index contributed by atoms with van der Waals surface area (Å²) in [6.45, 7) is 7.45. The highest BCUT2D eigenvalue weighted by atomic mass is 32.2. The molecule has 0 aromatic carbocycles. The monoisotopic (exact) mass is 676 g/mol. The number of carbonyl (C=O) groups is 5. The molecule has 2 atom stereocenters. The summed E-state index contributed by atoms with van der Waals surface area (Å²) in [7, 11) is 0. The van der Waals surface area contributed by atoms with Gasteiger partial charge in [0, 0.05) is 17.6 Å². The minimum absolute atomic E-state index is 0.0185. The van der Waals surface area contributed by atoms with Crippen molar-refractivity contribution in [2.75, 3.05) is 5.75 Å². The average Bonchev–Trinajstić information content (AvgIpc) is 3.50. The van der Waals surface area contributed by atoms with Crippen molar-refractivity contribution in [1.29, 1.82) is 0 Å². The number of carbonyl (C=O) groups excluding carboxylic acids is 5. The molecule has 2 rings (SSSR count). The number of ether oxygens (including phenoxy) is 1. The van der Waals surface area contributed by atoms with Gasteiger partial charge in [-0.1, -0.05) is 102 Å². The number of hydrogen-bond acceptors (Lipinski definition) is 9. The number of esters is 1. The van der Waals surface area contributed by atoms with E-state index in [9.17, 15) is 24.0 Å². The second kappa shape index (κ2) is 22.5. The topological polar surface area (TPSA) is 144 Å². The number of nitrogens with one attached hydrogen (secondary N) is 3. The normalized spacial score (nSPS) is 19.3. The Bertz CT molecular complexity index is 1200. The molecule has 10 nitrogen and oxygen atoms in total. The first-order valence-electron chi connectivity index (χ1n) is 16.7. The molecule has 0 unspecified atom stereocenters. The van der Waals surface area contributed by atoms with Gasteiger partial charge in [0.25, 0.3) is 11.8 Å². The maximum absolute atomic E-state index is 13.2. The minimum atomic E-state index is -1.02. The van der Waals surface area contributed by atoms with E-state index in [1.165, 1.54) is 80.5 Å². The van der Waals surface area contributed by atoms with Crippen molar-refractivity contribution in [3.8, 4) is 0 Å². The number of thiazole rings is 1. The van der Waals surface area contributed by atoms with Crippen LogP contribution >= 0.6 is 23.1 Å². The Balaban J connectivity index is 1.91. The molecule has 2 bridgehead atoms. The fourth-order valence-corrected chi connectivity index (χ4v) is 6.26. The summed E-state index contributed by atoms with van der Waals surface area (Å²) in [5.41, 5.74) is 0.101. The van der Waals surface area contributed by atoms with Crippen molar-refractivity contribution in [2.45, 2.75) is 130 Å². The first-order valence-corrected chi connectivity index (χ1v) is 18.5. The van der Waals surface area contributed by atoms with Gasteiger partial charge in [-0.05, 0) is 31.8 Å². The first kappa shape index (κ1) is 39.2. The molecule has 0 spiro atoms. The summed E-state index contributed by atoms with van der Waals surface area (Å²) in [6, 6.07) is -1.02. The van der Waals surface area contributed by atoms with Crippen molar-refractivity contribution in [2.24, 2.45) is 5.92 Å². The van der Waals surface area contributed by atoms with Gasteiger partial charge >= 0.3 is 5.97 Å². The van der Waals surface area contributed by atoms with Crippen molar-refractivity contribution < 1.29 is 28.7 Å². The zero-order chi connectivity index (χ0) is 33.7. The zero-order valence-corrected chi connectivity index (χ0v) is 29.5. The number of unbranched alkanes of at least 4 members (excludes halogenated alkanes) is 9.